The van der Waals surface area contributed by atoms with Gasteiger partial charge in [-0.25, -0.2) is 0 Å². The fourth-order valence-corrected chi connectivity index (χ4v) is 3.97. The molecule has 2 fully saturated rings. The van der Waals surface area contributed by atoms with Crippen LogP contribution in [-0.4, -0.2) is 71.6 Å². The quantitative estimate of drug-likeness (QED) is 0.877. The second kappa shape index (κ2) is 8.10. The molecular weight excluding hydrogens is 338 g/mol. The number of ether oxygens (including phenoxy) is 1. The standard InChI is InChI=1S/C18H25N3O3S/c1-13(2)24-15-5-3-14(4-6-15)17(22)20-7-9-21(10-8-20)18(23)16-11-25-12-19-16/h3-6,13,16,19H,7-12H2,1-2H3. The van der Waals surface area contributed by atoms with Crippen LogP contribution in [0.25, 0.3) is 0 Å². The molecule has 1 unspecified atom stereocenters. The number of nitrogens with one attached hydrogen (secondary N) is 1. The number of hydrogen-bond donors (Lipinski definition) is 1. The highest BCUT2D eigenvalue weighted by Crippen LogP contribution is 2.17. The lowest BCUT2D eigenvalue weighted by molar-refractivity contribution is -0.134. The van der Waals surface area contributed by atoms with Gasteiger partial charge < -0.3 is 14.5 Å². The van der Waals surface area contributed by atoms with Crippen LogP contribution in [0.4, 0.5) is 0 Å². The van der Waals surface area contributed by atoms with E-state index in [0.29, 0.717) is 31.7 Å². The third-order valence-electron chi connectivity index (χ3n) is 4.37. The third kappa shape index (κ3) is 4.46. The van der Waals surface area contributed by atoms with Crippen LogP contribution >= 0.6 is 11.8 Å². The maximum absolute atomic E-state index is 12.6. The number of thioether (sulfide) groups is 1. The first-order valence-electron chi connectivity index (χ1n) is 8.70. The van der Waals surface area contributed by atoms with Crippen LogP contribution < -0.4 is 10.1 Å². The van der Waals surface area contributed by atoms with E-state index in [1.807, 2.05) is 35.8 Å². The predicted molar refractivity (Wildman–Crippen MR) is 98.9 cm³/mol. The van der Waals surface area contributed by atoms with Gasteiger partial charge in [-0.05, 0) is 38.1 Å². The van der Waals surface area contributed by atoms with Crippen molar-refractivity contribution < 1.29 is 14.3 Å². The van der Waals surface area contributed by atoms with Gasteiger partial charge in [0.05, 0.1) is 12.1 Å². The molecule has 1 atom stereocenters. The average molecular weight is 363 g/mol. The number of nitrogens with zero attached hydrogens (tertiary/aromatic N) is 2. The van der Waals surface area contributed by atoms with Gasteiger partial charge >= 0.3 is 0 Å². The van der Waals surface area contributed by atoms with E-state index in [9.17, 15) is 9.59 Å². The molecule has 6 nitrogen and oxygen atoms in total. The first-order valence-corrected chi connectivity index (χ1v) is 9.86. The number of carbonyl (C=O) groups excluding carboxylic acids is 2. The zero-order valence-corrected chi connectivity index (χ0v) is 15.6. The Kier molecular flexibility index (Phi) is 5.86. The normalized spacial score (nSPS) is 20.8. The topological polar surface area (TPSA) is 61.9 Å². The Hall–Kier alpha value is -1.73. The van der Waals surface area contributed by atoms with E-state index in [4.69, 9.17) is 4.74 Å². The minimum atomic E-state index is -0.0687. The van der Waals surface area contributed by atoms with E-state index in [-0.39, 0.29) is 24.0 Å². The molecule has 0 radical (unpaired) electrons. The zero-order chi connectivity index (χ0) is 17.8. The van der Waals surface area contributed by atoms with E-state index < -0.39 is 0 Å². The van der Waals surface area contributed by atoms with Crippen LogP contribution in [0, 0.1) is 0 Å². The van der Waals surface area contributed by atoms with E-state index in [1.54, 1.807) is 23.9 Å². The van der Waals surface area contributed by atoms with Crippen LogP contribution in [0.15, 0.2) is 24.3 Å². The summed E-state index contributed by atoms with van der Waals surface area (Å²) in [5.41, 5.74) is 0.657. The summed E-state index contributed by atoms with van der Waals surface area (Å²) in [6.07, 6.45) is 0.111. The Morgan fingerprint density at radius 2 is 1.76 bits per heavy atom. The molecule has 1 aromatic carbocycles. The number of benzene rings is 1. The molecule has 2 aliphatic rings. The van der Waals surface area contributed by atoms with Gasteiger partial charge in [0.1, 0.15) is 5.75 Å². The van der Waals surface area contributed by atoms with Crippen molar-refractivity contribution in [3.8, 4) is 5.75 Å². The van der Waals surface area contributed by atoms with Gasteiger partial charge in [0.2, 0.25) is 5.91 Å². The molecule has 3 rings (SSSR count). The van der Waals surface area contributed by atoms with Crippen LogP contribution in [0.3, 0.4) is 0 Å². The largest absolute Gasteiger partial charge is 0.491 e. The fraction of sp³-hybridized carbons (Fsp3) is 0.556. The molecule has 0 aliphatic carbocycles. The predicted octanol–water partition coefficient (Wildman–Crippen LogP) is 1.42. The van der Waals surface area contributed by atoms with Crippen molar-refractivity contribution in [1.82, 2.24) is 15.1 Å². The van der Waals surface area contributed by atoms with E-state index in [1.165, 1.54) is 0 Å². The first kappa shape index (κ1) is 18.1. The van der Waals surface area contributed by atoms with Crippen molar-refractivity contribution in [3.63, 3.8) is 0 Å². The maximum atomic E-state index is 12.6. The van der Waals surface area contributed by atoms with Crippen LogP contribution in [-0.2, 0) is 4.79 Å². The van der Waals surface area contributed by atoms with Crippen molar-refractivity contribution in [2.45, 2.75) is 26.0 Å². The molecule has 0 spiro atoms. The average Bonchev–Trinajstić information content (AvgIpc) is 3.15. The lowest BCUT2D eigenvalue weighted by Gasteiger charge is -2.36. The Balaban J connectivity index is 1.53. The van der Waals surface area contributed by atoms with Gasteiger partial charge in [-0.3, -0.25) is 14.9 Å². The highest BCUT2D eigenvalue weighted by molar-refractivity contribution is 7.99. The minimum Gasteiger partial charge on any atom is -0.491 e. The summed E-state index contributed by atoms with van der Waals surface area (Å²) in [6.45, 7) is 6.30. The highest BCUT2D eigenvalue weighted by atomic mass is 32.2. The molecule has 1 N–H and O–H groups in total. The Bertz CT molecular complexity index is 606. The smallest absolute Gasteiger partial charge is 0.253 e. The molecule has 7 heteroatoms. The lowest BCUT2D eigenvalue weighted by atomic mass is 10.1. The van der Waals surface area contributed by atoms with Crippen LogP contribution in [0.2, 0.25) is 0 Å². The maximum Gasteiger partial charge on any atom is 0.253 e. The first-order chi connectivity index (χ1) is 12.0. The van der Waals surface area contributed by atoms with Gasteiger partial charge in [0, 0.05) is 43.4 Å². The molecule has 0 saturated carbocycles. The summed E-state index contributed by atoms with van der Waals surface area (Å²) in [4.78, 5) is 28.7. The van der Waals surface area contributed by atoms with Crippen molar-refractivity contribution >= 4 is 23.6 Å². The molecule has 2 aliphatic heterocycles. The van der Waals surface area contributed by atoms with E-state index in [0.717, 1.165) is 17.4 Å². The Labute approximate surface area is 152 Å². The molecule has 2 saturated heterocycles. The molecule has 1 aromatic rings. The Morgan fingerprint density at radius 3 is 2.32 bits per heavy atom. The minimum absolute atomic E-state index is 0.0118. The summed E-state index contributed by atoms with van der Waals surface area (Å²) in [5.74, 6) is 2.61. The number of carbonyl (C=O) groups is 2. The summed E-state index contributed by atoms with van der Waals surface area (Å²) in [5, 5.41) is 3.21. The number of rotatable bonds is 4. The van der Waals surface area contributed by atoms with E-state index >= 15 is 0 Å². The third-order valence-corrected chi connectivity index (χ3v) is 5.31. The highest BCUT2D eigenvalue weighted by Gasteiger charge is 2.30. The summed E-state index contributed by atoms with van der Waals surface area (Å²) < 4.78 is 5.61. The van der Waals surface area contributed by atoms with Crippen LogP contribution in [0.1, 0.15) is 24.2 Å². The molecule has 0 bridgehead atoms. The second-order valence-electron chi connectivity index (χ2n) is 6.58. The van der Waals surface area contributed by atoms with Crippen molar-refractivity contribution in [1.29, 1.82) is 0 Å². The summed E-state index contributed by atoms with van der Waals surface area (Å²) in [7, 11) is 0. The van der Waals surface area contributed by atoms with Crippen molar-refractivity contribution in [3.05, 3.63) is 29.8 Å². The fourth-order valence-electron chi connectivity index (χ4n) is 3.03. The lowest BCUT2D eigenvalue weighted by Crippen LogP contribution is -2.54. The summed E-state index contributed by atoms with van der Waals surface area (Å²) >= 11 is 1.75. The van der Waals surface area contributed by atoms with Crippen molar-refractivity contribution in [2.24, 2.45) is 0 Å². The molecule has 25 heavy (non-hydrogen) atoms. The van der Waals surface area contributed by atoms with Crippen molar-refractivity contribution in [2.75, 3.05) is 37.8 Å². The van der Waals surface area contributed by atoms with Crippen LogP contribution in [0.5, 0.6) is 5.75 Å². The SMILES string of the molecule is CC(C)Oc1ccc(C(=O)N2CCN(C(=O)C3CSCN3)CC2)cc1. The zero-order valence-electron chi connectivity index (χ0n) is 14.7. The van der Waals surface area contributed by atoms with Gasteiger partial charge in [0.25, 0.3) is 5.91 Å². The van der Waals surface area contributed by atoms with Gasteiger partial charge in [-0.15, -0.1) is 11.8 Å². The number of hydrogen-bond acceptors (Lipinski definition) is 5. The monoisotopic (exact) mass is 363 g/mol. The number of amides is 2. The second-order valence-corrected chi connectivity index (χ2v) is 7.61. The molecule has 0 aromatic heterocycles. The molecular formula is C18H25N3O3S. The molecule has 136 valence electrons. The molecule has 2 amide bonds. The summed E-state index contributed by atoms with van der Waals surface area (Å²) in [6, 6.07) is 7.20. The van der Waals surface area contributed by atoms with Gasteiger partial charge in [0.15, 0.2) is 0 Å². The Morgan fingerprint density at radius 1 is 1.12 bits per heavy atom. The number of piperazine rings is 1. The van der Waals surface area contributed by atoms with E-state index in [2.05, 4.69) is 5.32 Å². The van der Waals surface area contributed by atoms with Gasteiger partial charge in [-0.2, -0.15) is 0 Å². The molecule has 2 heterocycles. The van der Waals surface area contributed by atoms with Gasteiger partial charge in [-0.1, -0.05) is 0 Å².